The van der Waals surface area contributed by atoms with Crippen LogP contribution >= 0.6 is 0 Å². The Morgan fingerprint density at radius 3 is 2.61 bits per heavy atom. The molecule has 0 radical (unpaired) electrons. The van der Waals surface area contributed by atoms with Crippen LogP contribution in [-0.2, 0) is 10.2 Å². The summed E-state index contributed by atoms with van der Waals surface area (Å²) in [5, 5.41) is 10.1. The summed E-state index contributed by atoms with van der Waals surface area (Å²) in [6.07, 6.45) is 0.834. The number of urea groups is 1. The maximum Gasteiger partial charge on any atom is 0.319 e. The standard InChI is InChI=1S/C10H16N4O3S/c1-2-6-12-10(15)13-8-4-3-5-9(7-8)14-18(11,16)17/h3-5,7,14H,2,6H2,1H3,(H2,11,16,17)(H2,12,13,15). The molecule has 0 saturated heterocycles. The molecule has 0 aliphatic carbocycles. The number of nitrogens with one attached hydrogen (secondary N) is 3. The molecule has 0 spiro atoms. The fraction of sp³-hybridized carbons (Fsp3) is 0.300. The number of rotatable bonds is 5. The first kappa shape index (κ1) is 14.3. The lowest BCUT2D eigenvalue weighted by Crippen LogP contribution is -2.29. The number of carbonyl (C=O) groups excluding carboxylic acids is 1. The summed E-state index contributed by atoms with van der Waals surface area (Å²) < 4.78 is 23.8. The van der Waals surface area contributed by atoms with E-state index in [9.17, 15) is 13.2 Å². The third kappa shape index (κ3) is 5.51. The van der Waals surface area contributed by atoms with Gasteiger partial charge in [-0.3, -0.25) is 4.72 Å². The van der Waals surface area contributed by atoms with E-state index in [-0.39, 0.29) is 11.7 Å². The van der Waals surface area contributed by atoms with Crippen molar-refractivity contribution in [2.24, 2.45) is 5.14 Å². The summed E-state index contributed by atoms with van der Waals surface area (Å²) in [5.41, 5.74) is 0.753. The molecular formula is C10H16N4O3S. The smallest absolute Gasteiger partial charge is 0.319 e. The lowest BCUT2D eigenvalue weighted by Gasteiger charge is -2.08. The monoisotopic (exact) mass is 272 g/mol. The molecule has 0 aliphatic heterocycles. The van der Waals surface area contributed by atoms with Gasteiger partial charge in [0.05, 0.1) is 5.69 Å². The number of hydrogen-bond donors (Lipinski definition) is 4. The van der Waals surface area contributed by atoms with Gasteiger partial charge < -0.3 is 10.6 Å². The summed E-state index contributed by atoms with van der Waals surface area (Å²) in [6, 6.07) is 5.89. The largest absolute Gasteiger partial charge is 0.338 e. The number of benzene rings is 1. The van der Waals surface area contributed by atoms with Crippen LogP contribution in [0.1, 0.15) is 13.3 Å². The molecule has 5 N–H and O–H groups in total. The SMILES string of the molecule is CCCNC(=O)Nc1cccc(NS(N)(=O)=O)c1. The highest BCUT2D eigenvalue weighted by Crippen LogP contribution is 2.15. The van der Waals surface area contributed by atoms with Crippen molar-refractivity contribution in [1.29, 1.82) is 0 Å². The zero-order chi connectivity index (χ0) is 13.6. The van der Waals surface area contributed by atoms with Crippen LogP contribution < -0.4 is 20.5 Å². The van der Waals surface area contributed by atoms with E-state index in [1.807, 2.05) is 6.92 Å². The average molecular weight is 272 g/mol. The lowest BCUT2D eigenvalue weighted by atomic mass is 10.3. The number of carbonyl (C=O) groups is 1. The predicted molar refractivity (Wildman–Crippen MR) is 70.5 cm³/mol. The fourth-order valence-corrected chi connectivity index (χ4v) is 1.69. The Morgan fingerprint density at radius 1 is 1.33 bits per heavy atom. The maximum atomic E-state index is 11.4. The fourth-order valence-electron chi connectivity index (χ4n) is 1.24. The van der Waals surface area contributed by atoms with Crippen molar-refractivity contribution in [3.05, 3.63) is 24.3 Å². The second-order valence-electron chi connectivity index (χ2n) is 3.61. The molecule has 1 rings (SSSR count). The highest BCUT2D eigenvalue weighted by Gasteiger charge is 2.04. The number of amides is 2. The molecule has 1 aromatic rings. The number of nitrogens with two attached hydrogens (primary N) is 1. The second kappa shape index (κ2) is 6.22. The molecule has 0 aliphatic rings. The van der Waals surface area contributed by atoms with Crippen molar-refractivity contribution < 1.29 is 13.2 Å². The van der Waals surface area contributed by atoms with E-state index in [4.69, 9.17) is 5.14 Å². The van der Waals surface area contributed by atoms with Gasteiger partial charge >= 0.3 is 6.03 Å². The predicted octanol–water partition coefficient (Wildman–Crippen LogP) is 0.834. The zero-order valence-electron chi connectivity index (χ0n) is 9.93. The van der Waals surface area contributed by atoms with Crippen LogP contribution in [0.2, 0.25) is 0 Å². The summed E-state index contributed by atoms with van der Waals surface area (Å²) >= 11 is 0. The molecule has 8 heteroatoms. The van der Waals surface area contributed by atoms with Crippen molar-refractivity contribution in [1.82, 2.24) is 5.32 Å². The van der Waals surface area contributed by atoms with Crippen molar-refractivity contribution >= 4 is 27.6 Å². The van der Waals surface area contributed by atoms with E-state index in [1.165, 1.54) is 12.1 Å². The summed E-state index contributed by atoms with van der Waals surface area (Å²) in [6.45, 7) is 2.51. The molecule has 0 fully saturated rings. The topological polar surface area (TPSA) is 113 Å². The van der Waals surface area contributed by atoms with Crippen LogP contribution in [0.15, 0.2) is 24.3 Å². The van der Waals surface area contributed by atoms with Gasteiger partial charge in [0.25, 0.3) is 10.2 Å². The minimum atomic E-state index is -3.81. The van der Waals surface area contributed by atoms with E-state index in [2.05, 4.69) is 15.4 Å². The Morgan fingerprint density at radius 2 is 2.00 bits per heavy atom. The summed E-state index contributed by atoms with van der Waals surface area (Å²) in [5.74, 6) is 0. The van der Waals surface area contributed by atoms with Gasteiger partial charge in [0, 0.05) is 12.2 Å². The van der Waals surface area contributed by atoms with E-state index in [0.717, 1.165) is 6.42 Å². The van der Waals surface area contributed by atoms with Crippen LogP contribution in [0.25, 0.3) is 0 Å². The minimum absolute atomic E-state index is 0.283. The number of anilines is 2. The normalized spacial score (nSPS) is 10.8. The van der Waals surface area contributed by atoms with E-state index < -0.39 is 10.2 Å². The quantitative estimate of drug-likeness (QED) is 0.636. The van der Waals surface area contributed by atoms with E-state index >= 15 is 0 Å². The first-order valence-electron chi connectivity index (χ1n) is 5.36. The highest BCUT2D eigenvalue weighted by atomic mass is 32.2. The molecule has 2 amide bonds. The van der Waals surface area contributed by atoms with Gasteiger partial charge in [-0.1, -0.05) is 13.0 Å². The Hall–Kier alpha value is -1.80. The Bertz CT molecular complexity index is 516. The lowest BCUT2D eigenvalue weighted by molar-refractivity contribution is 0.252. The van der Waals surface area contributed by atoms with Gasteiger partial charge in [-0.05, 0) is 24.6 Å². The van der Waals surface area contributed by atoms with Crippen molar-refractivity contribution in [3.8, 4) is 0 Å². The van der Waals surface area contributed by atoms with Gasteiger partial charge in [0.15, 0.2) is 0 Å². The zero-order valence-corrected chi connectivity index (χ0v) is 10.8. The third-order valence-corrected chi connectivity index (χ3v) is 2.44. The molecule has 0 heterocycles. The van der Waals surface area contributed by atoms with Gasteiger partial charge in [0.1, 0.15) is 0 Å². The molecule has 0 atom stereocenters. The van der Waals surface area contributed by atoms with Crippen LogP contribution in [0.3, 0.4) is 0 Å². The molecule has 1 aromatic carbocycles. The highest BCUT2D eigenvalue weighted by molar-refractivity contribution is 7.90. The Kier molecular flexibility index (Phi) is 4.93. The van der Waals surface area contributed by atoms with Crippen LogP contribution in [0.5, 0.6) is 0 Å². The molecule has 0 saturated carbocycles. The first-order valence-corrected chi connectivity index (χ1v) is 6.91. The molecule has 0 aromatic heterocycles. The third-order valence-electron chi connectivity index (χ3n) is 1.92. The van der Waals surface area contributed by atoms with Gasteiger partial charge in [-0.25, -0.2) is 9.93 Å². The van der Waals surface area contributed by atoms with Crippen LogP contribution in [0, 0.1) is 0 Å². The molecule has 100 valence electrons. The average Bonchev–Trinajstić information content (AvgIpc) is 2.24. The second-order valence-corrected chi connectivity index (χ2v) is 4.90. The van der Waals surface area contributed by atoms with Gasteiger partial charge in [0.2, 0.25) is 0 Å². The van der Waals surface area contributed by atoms with E-state index in [1.54, 1.807) is 12.1 Å². The van der Waals surface area contributed by atoms with Crippen LogP contribution in [-0.4, -0.2) is 21.0 Å². The van der Waals surface area contributed by atoms with Crippen molar-refractivity contribution in [2.75, 3.05) is 16.6 Å². The minimum Gasteiger partial charge on any atom is -0.338 e. The summed E-state index contributed by atoms with van der Waals surface area (Å²) in [4.78, 5) is 11.4. The maximum absolute atomic E-state index is 11.4. The van der Waals surface area contributed by atoms with Crippen LogP contribution in [0.4, 0.5) is 16.2 Å². The molecule has 0 bridgehead atoms. The Balaban J connectivity index is 2.68. The molecular weight excluding hydrogens is 256 g/mol. The molecule has 18 heavy (non-hydrogen) atoms. The summed E-state index contributed by atoms with van der Waals surface area (Å²) in [7, 11) is -3.81. The molecule has 7 nitrogen and oxygen atoms in total. The van der Waals surface area contributed by atoms with E-state index in [0.29, 0.717) is 12.2 Å². The molecule has 0 unspecified atom stereocenters. The number of hydrogen-bond acceptors (Lipinski definition) is 3. The Labute approximate surface area is 106 Å². The first-order chi connectivity index (χ1) is 8.40. The van der Waals surface area contributed by atoms with Gasteiger partial charge in [-0.15, -0.1) is 0 Å². The van der Waals surface area contributed by atoms with Crippen molar-refractivity contribution in [2.45, 2.75) is 13.3 Å². The van der Waals surface area contributed by atoms with Gasteiger partial charge in [-0.2, -0.15) is 8.42 Å². The van der Waals surface area contributed by atoms with Crippen molar-refractivity contribution in [3.63, 3.8) is 0 Å².